The predicted octanol–water partition coefficient (Wildman–Crippen LogP) is 0.954. The molecule has 0 aliphatic carbocycles. The summed E-state index contributed by atoms with van der Waals surface area (Å²) in [7, 11) is 0. The monoisotopic (exact) mass is 178 g/mol. The van der Waals surface area contributed by atoms with Gasteiger partial charge in [0.1, 0.15) is 11.6 Å². The molecule has 0 aliphatic rings. The lowest BCUT2D eigenvalue weighted by atomic mass is 10.2. The van der Waals surface area contributed by atoms with E-state index in [0.29, 0.717) is 18.1 Å². The fraction of sp³-hybridized carbons (Fsp3) is 0.333. The average Bonchev–Trinajstić information content (AvgIpc) is 2.04. The van der Waals surface area contributed by atoms with Crippen LogP contribution in [0.2, 0.25) is 0 Å². The number of aromatic nitrogens is 1. The second-order valence-corrected chi connectivity index (χ2v) is 2.57. The predicted molar refractivity (Wildman–Crippen MR) is 47.7 cm³/mol. The molecule has 1 aromatic rings. The molecule has 0 amide bonds. The van der Waals surface area contributed by atoms with Crippen molar-refractivity contribution in [2.45, 2.75) is 13.8 Å². The number of H-pyrrole nitrogens is 1. The molecular formula is C9H10N2O2. The van der Waals surface area contributed by atoms with Crippen LogP contribution in [0.15, 0.2) is 10.9 Å². The Labute approximate surface area is 75.8 Å². The summed E-state index contributed by atoms with van der Waals surface area (Å²) in [6.07, 6.45) is 0. The Hall–Kier alpha value is -1.76. The lowest BCUT2D eigenvalue weighted by molar-refractivity contribution is 0.325. The minimum Gasteiger partial charge on any atom is -0.479 e. The first-order chi connectivity index (χ1) is 6.19. The van der Waals surface area contributed by atoms with Gasteiger partial charge in [0.15, 0.2) is 5.88 Å². The van der Waals surface area contributed by atoms with Crippen LogP contribution in [0, 0.1) is 18.3 Å². The Morgan fingerprint density at radius 1 is 1.69 bits per heavy atom. The van der Waals surface area contributed by atoms with E-state index in [4.69, 9.17) is 10.00 Å². The number of nitrogens with zero attached hydrogens (tertiary/aromatic N) is 1. The first kappa shape index (κ1) is 9.33. The van der Waals surface area contributed by atoms with Crippen LogP contribution in [0.3, 0.4) is 0 Å². The molecule has 1 N–H and O–H groups in total. The van der Waals surface area contributed by atoms with Gasteiger partial charge >= 0.3 is 0 Å². The van der Waals surface area contributed by atoms with Crippen molar-refractivity contribution in [2.75, 3.05) is 6.61 Å². The molecule has 0 spiro atoms. The molecule has 1 heterocycles. The molecule has 1 rings (SSSR count). The van der Waals surface area contributed by atoms with Gasteiger partial charge in [-0.15, -0.1) is 0 Å². The molecule has 0 fully saturated rings. The lowest BCUT2D eigenvalue weighted by Crippen LogP contribution is -2.13. The van der Waals surface area contributed by atoms with Crippen molar-refractivity contribution in [1.29, 1.82) is 5.26 Å². The highest BCUT2D eigenvalue weighted by atomic mass is 16.5. The second kappa shape index (κ2) is 3.76. The van der Waals surface area contributed by atoms with Crippen LogP contribution in [0.25, 0.3) is 0 Å². The minimum atomic E-state index is -0.397. The van der Waals surface area contributed by atoms with E-state index in [0.717, 1.165) is 0 Å². The Kier molecular flexibility index (Phi) is 2.70. The fourth-order valence-electron chi connectivity index (χ4n) is 1.03. The van der Waals surface area contributed by atoms with Gasteiger partial charge in [0.05, 0.1) is 6.61 Å². The van der Waals surface area contributed by atoms with E-state index in [2.05, 4.69) is 4.98 Å². The molecular weight excluding hydrogens is 168 g/mol. The zero-order valence-electron chi connectivity index (χ0n) is 7.55. The summed E-state index contributed by atoms with van der Waals surface area (Å²) >= 11 is 0. The molecule has 0 aromatic carbocycles. The van der Waals surface area contributed by atoms with Crippen molar-refractivity contribution in [1.82, 2.24) is 4.98 Å². The van der Waals surface area contributed by atoms with Gasteiger partial charge in [-0.25, -0.2) is 0 Å². The van der Waals surface area contributed by atoms with Crippen LogP contribution in [-0.2, 0) is 0 Å². The summed E-state index contributed by atoms with van der Waals surface area (Å²) in [5.74, 6) is 0.406. The smallest absolute Gasteiger partial charge is 0.268 e. The molecule has 4 nitrogen and oxygen atoms in total. The van der Waals surface area contributed by atoms with E-state index in [-0.39, 0.29) is 5.56 Å². The van der Waals surface area contributed by atoms with E-state index in [9.17, 15) is 4.79 Å². The molecule has 4 heteroatoms. The molecule has 0 aliphatic heterocycles. The summed E-state index contributed by atoms with van der Waals surface area (Å²) in [6, 6.07) is 3.48. The first-order valence-electron chi connectivity index (χ1n) is 3.95. The van der Waals surface area contributed by atoms with E-state index >= 15 is 0 Å². The van der Waals surface area contributed by atoms with Crippen molar-refractivity contribution in [3.8, 4) is 11.9 Å². The zero-order chi connectivity index (χ0) is 9.84. The average molecular weight is 178 g/mol. The molecule has 0 bridgehead atoms. The number of hydrogen-bond acceptors (Lipinski definition) is 3. The number of hydrogen-bond donors (Lipinski definition) is 1. The van der Waals surface area contributed by atoms with E-state index < -0.39 is 5.56 Å². The van der Waals surface area contributed by atoms with Crippen LogP contribution >= 0.6 is 0 Å². The molecule has 0 saturated heterocycles. The van der Waals surface area contributed by atoms with Crippen LogP contribution in [0.1, 0.15) is 18.1 Å². The van der Waals surface area contributed by atoms with Crippen molar-refractivity contribution in [3.63, 3.8) is 0 Å². The second-order valence-electron chi connectivity index (χ2n) is 2.57. The Bertz CT molecular complexity index is 401. The van der Waals surface area contributed by atoms with Gasteiger partial charge in [-0.3, -0.25) is 9.78 Å². The zero-order valence-corrected chi connectivity index (χ0v) is 7.55. The summed E-state index contributed by atoms with van der Waals surface area (Å²) in [5, 5.41) is 8.61. The standard InChI is InChI=1S/C9H10N2O2/c1-3-13-8-4-6(2)7(5-10)9(12)11-8/h4H,3H2,1-2H3,(H,11,12). The van der Waals surface area contributed by atoms with Gasteiger partial charge < -0.3 is 4.74 Å². The third kappa shape index (κ3) is 1.88. The van der Waals surface area contributed by atoms with Crippen molar-refractivity contribution in [2.24, 2.45) is 0 Å². The summed E-state index contributed by atoms with van der Waals surface area (Å²) in [4.78, 5) is 13.7. The Morgan fingerprint density at radius 2 is 2.38 bits per heavy atom. The number of nitriles is 1. The molecule has 68 valence electrons. The molecule has 0 radical (unpaired) electrons. The van der Waals surface area contributed by atoms with Gasteiger partial charge in [0, 0.05) is 6.07 Å². The minimum absolute atomic E-state index is 0.142. The van der Waals surface area contributed by atoms with E-state index in [1.807, 2.05) is 13.0 Å². The van der Waals surface area contributed by atoms with Crippen molar-refractivity contribution in [3.05, 3.63) is 27.5 Å². The summed E-state index contributed by atoms with van der Waals surface area (Å²) < 4.78 is 5.10. The number of rotatable bonds is 2. The van der Waals surface area contributed by atoms with Crippen molar-refractivity contribution >= 4 is 0 Å². The third-order valence-electron chi connectivity index (χ3n) is 1.62. The maximum atomic E-state index is 11.2. The number of ether oxygens (including phenoxy) is 1. The van der Waals surface area contributed by atoms with Crippen LogP contribution in [0.5, 0.6) is 5.88 Å². The SMILES string of the molecule is CCOc1cc(C)c(C#N)c(=O)[nH]1. The first-order valence-corrected chi connectivity index (χ1v) is 3.95. The van der Waals surface area contributed by atoms with Gasteiger partial charge in [0.2, 0.25) is 0 Å². The van der Waals surface area contributed by atoms with Gasteiger partial charge in [-0.05, 0) is 19.4 Å². The van der Waals surface area contributed by atoms with Crippen LogP contribution in [-0.4, -0.2) is 11.6 Å². The normalized spacial score (nSPS) is 9.31. The van der Waals surface area contributed by atoms with Gasteiger partial charge in [-0.2, -0.15) is 5.26 Å². The summed E-state index contributed by atoms with van der Waals surface area (Å²) in [5.41, 5.74) is 0.379. The number of pyridine rings is 1. The topological polar surface area (TPSA) is 65.9 Å². The van der Waals surface area contributed by atoms with Gasteiger partial charge in [-0.1, -0.05) is 0 Å². The summed E-state index contributed by atoms with van der Waals surface area (Å²) in [6.45, 7) is 4.02. The van der Waals surface area contributed by atoms with Gasteiger partial charge in [0.25, 0.3) is 5.56 Å². The van der Waals surface area contributed by atoms with Crippen molar-refractivity contribution < 1.29 is 4.74 Å². The quantitative estimate of drug-likeness (QED) is 0.733. The number of aryl methyl sites for hydroxylation is 1. The largest absolute Gasteiger partial charge is 0.479 e. The number of nitrogens with one attached hydrogen (secondary N) is 1. The number of aromatic amines is 1. The highest BCUT2D eigenvalue weighted by Gasteiger charge is 2.04. The highest BCUT2D eigenvalue weighted by Crippen LogP contribution is 2.08. The maximum absolute atomic E-state index is 11.2. The molecule has 13 heavy (non-hydrogen) atoms. The highest BCUT2D eigenvalue weighted by molar-refractivity contribution is 5.36. The van der Waals surface area contributed by atoms with Crippen LogP contribution in [0.4, 0.5) is 0 Å². The third-order valence-corrected chi connectivity index (χ3v) is 1.62. The fourth-order valence-corrected chi connectivity index (χ4v) is 1.03. The van der Waals surface area contributed by atoms with Crippen LogP contribution < -0.4 is 10.3 Å². The maximum Gasteiger partial charge on any atom is 0.268 e. The molecule has 0 saturated carbocycles. The Morgan fingerprint density at radius 3 is 2.85 bits per heavy atom. The van der Waals surface area contributed by atoms with E-state index in [1.165, 1.54) is 0 Å². The Balaban J connectivity index is 3.23. The molecule has 0 atom stereocenters. The van der Waals surface area contributed by atoms with E-state index in [1.54, 1.807) is 13.0 Å². The molecule has 0 unspecified atom stereocenters. The molecule has 1 aromatic heterocycles. The lowest BCUT2D eigenvalue weighted by Gasteiger charge is -2.03.